The van der Waals surface area contributed by atoms with Crippen LogP contribution in [0.5, 0.6) is 0 Å². The van der Waals surface area contributed by atoms with Gasteiger partial charge in [-0.3, -0.25) is 4.90 Å². The number of hydrogen-bond acceptors (Lipinski definition) is 3. The van der Waals surface area contributed by atoms with Crippen LogP contribution in [0.25, 0.3) is 0 Å². The Bertz CT molecular complexity index is 348. The normalized spacial score (nSPS) is 12.0. The summed E-state index contributed by atoms with van der Waals surface area (Å²) in [6, 6.07) is 2.12. The number of nitrogens with one attached hydrogen (secondary N) is 1. The van der Waals surface area contributed by atoms with Crippen LogP contribution in [-0.4, -0.2) is 24.5 Å². The monoisotopic (exact) mass is 280 g/mol. The molecule has 0 bridgehead atoms. The number of hydrogen-bond donors (Lipinski definition) is 1. The molecule has 0 saturated heterocycles. The molecule has 1 N–H and O–H groups in total. The lowest BCUT2D eigenvalue weighted by atomic mass is 10.1. The summed E-state index contributed by atoms with van der Waals surface area (Å²) in [5.41, 5.74) is 1.33. The Hall–Kier alpha value is -0.800. The minimum absolute atomic E-state index is 0.697. The molecule has 3 nitrogen and oxygen atoms in total. The van der Waals surface area contributed by atoms with Gasteiger partial charge in [0.15, 0.2) is 0 Å². The predicted octanol–water partition coefficient (Wildman–Crippen LogP) is 3.89. The van der Waals surface area contributed by atoms with Gasteiger partial charge in [-0.2, -0.15) is 0 Å². The zero-order valence-corrected chi connectivity index (χ0v) is 13.9. The van der Waals surface area contributed by atoms with Gasteiger partial charge in [-0.15, -0.1) is 0 Å². The van der Waals surface area contributed by atoms with Crippen LogP contribution in [0.4, 0.5) is 0 Å². The van der Waals surface area contributed by atoms with Crippen molar-refractivity contribution < 1.29 is 4.42 Å². The maximum atomic E-state index is 5.63. The molecule has 116 valence electrons. The summed E-state index contributed by atoms with van der Waals surface area (Å²) in [5, 5.41) is 3.42. The average Bonchev–Trinajstić information content (AvgIpc) is 2.75. The molecule has 1 aromatic heterocycles. The lowest BCUT2D eigenvalue weighted by molar-refractivity contribution is 0.210. The van der Waals surface area contributed by atoms with Gasteiger partial charge < -0.3 is 9.73 Å². The molecule has 1 aromatic rings. The molecule has 0 spiro atoms. The second-order valence-electron chi connectivity index (χ2n) is 6.53. The van der Waals surface area contributed by atoms with Crippen LogP contribution in [0, 0.1) is 11.8 Å². The van der Waals surface area contributed by atoms with E-state index in [-0.39, 0.29) is 0 Å². The van der Waals surface area contributed by atoms with Gasteiger partial charge >= 0.3 is 0 Å². The first-order valence-electron chi connectivity index (χ1n) is 8.01. The van der Waals surface area contributed by atoms with E-state index < -0.39 is 0 Å². The van der Waals surface area contributed by atoms with Crippen LogP contribution >= 0.6 is 0 Å². The highest BCUT2D eigenvalue weighted by atomic mass is 16.3. The SMILES string of the molecule is CCCNCc1occc1CN(CC(C)C)CC(C)C. The molecule has 0 aliphatic heterocycles. The zero-order valence-electron chi connectivity index (χ0n) is 13.9. The maximum Gasteiger partial charge on any atom is 0.122 e. The third kappa shape index (κ3) is 6.58. The van der Waals surface area contributed by atoms with E-state index in [1.165, 1.54) is 5.56 Å². The Morgan fingerprint density at radius 2 is 1.80 bits per heavy atom. The lowest BCUT2D eigenvalue weighted by Crippen LogP contribution is -2.31. The summed E-state index contributed by atoms with van der Waals surface area (Å²) >= 11 is 0. The minimum Gasteiger partial charge on any atom is -0.468 e. The van der Waals surface area contributed by atoms with Crippen molar-refractivity contribution in [3.8, 4) is 0 Å². The molecule has 20 heavy (non-hydrogen) atoms. The Kier molecular flexibility index (Phi) is 7.93. The third-order valence-electron chi connectivity index (χ3n) is 3.19. The topological polar surface area (TPSA) is 28.4 Å². The van der Waals surface area contributed by atoms with E-state index in [1.54, 1.807) is 0 Å². The van der Waals surface area contributed by atoms with Gasteiger partial charge in [0.25, 0.3) is 0 Å². The summed E-state index contributed by atoms with van der Waals surface area (Å²) in [5.74, 6) is 2.49. The molecule has 0 fully saturated rings. The standard InChI is InChI=1S/C17H32N2O/c1-6-8-18-10-17-16(7-9-20-17)13-19(11-14(2)3)12-15(4)5/h7,9,14-15,18H,6,8,10-13H2,1-5H3. The summed E-state index contributed by atoms with van der Waals surface area (Å²) in [6.07, 6.45) is 2.98. The van der Waals surface area contributed by atoms with Crippen LogP contribution < -0.4 is 5.32 Å². The Morgan fingerprint density at radius 3 is 2.35 bits per heavy atom. The fourth-order valence-corrected chi connectivity index (χ4v) is 2.52. The highest BCUT2D eigenvalue weighted by molar-refractivity contribution is 5.16. The van der Waals surface area contributed by atoms with Crippen molar-refractivity contribution in [2.24, 2.45) is 11.8 Å². The Labute approximate surface area is 124 Å². The van der Waals surface area contributed by atoms with Gasteiger partial charge in [0.2, 0.25) is 0 Å². The van der Waals surface area contributed by atoms with E-state index in [4.69, 9.17) is 4.42 Å². The van der Waals surface area contributed by atoms with E-state index in [0.29, 0.717) is 11.8 Å². The predicted molar refractivity (Wildman–Crippen MR) is 85.7 cm³/mol. The van der Waals surface area contributed by atoms with Gasteiger partial charge in [0, 0.05) is 25.2 Å². The van der Waals surface area contributed by atoms with E-state index in [0.717, 1.165) is 44.9 Å². The maximum absolute atomic E-state index is 5.63. The average molecular weight is 280 g/mol. The molecule has 0 unspecified atom stereocenters. The Balaban J connectivity index is 2.60. The molecule has 0 aromatic carbocycles. The fraction of sp³-hybridized carbons (Fsp3) is 0.765. The molecule has 0 aliphatic rings. The quantitative estimate of drug-likeness (QED) is 0.659. The summed E-state index contributed by atoms with van der Waals surface area (Å²) in [7, 11) is 0. The number of furan rings is 1. The van der Waals surface area contributed by atoms with Crippen LogP contribution in [0.3, 0.4) is 0 Å². The van der Waals surface area contributed by atoms with Crippen molar-refractivity contribution in [2.75, 3.05) is 19.6 Å². The molecule has 0 radical (unpaired) electrons. The van der Waals surface area contributed by atoms with Crippen LogP contribution in [0.2, 0.25) is 0 Å². The number of rotatable bonds is 10. The van der Waals surface area contributed by atoms with Crippen LogP contribution in [0.15, 0.2) is 16.7 Å². The highest BCUT2D eigenvalue weighted by Crippen LogP contribution is 2.15. The molecular formula is C17H32N2O. The van der Waals surface area contributed by atoms with Crippen molar-refractivity contribution in [3.63, 3.8) is 0 Å². The largest absolute Gasteiger partial charge is 0.468 e. The van der Waals surface area contributed by atoms with Crippen molar-refractivity contribution in [2.45, 2.75) is 54.1 Å². The first-order chi connectivity index (χ1) is 9.52. The smallest absolute Gasteiger partial charge is 0.122 e. The van der Waals surface area contributed by atoms with Crippen molar-refractivity contribution in [1.82, 2.24) is 10.2 Å². The molecule has 0 amide bonds. The van der Waals surface area contributed by atoms with E-state index in [9.17, 15) is 0 Å². The summed E-state index contributed by atoms with van der Waals surface area (Å²) < 4.78 is 5.63. The number of nitrogens with zero attached hydrogens (tertiary/aromatic N) is 1. The third-order valence-corrected chi connectivity index (χ3v) is 3.19. The Morgan fingerprint density at radius 1 is 1.15 bits per heavy atom. The molecule has 0 aliphatic carbocycles. The van der Waals surface area contributed by atoms with E-state index >= 15 is 0 Å². The lowest BCUT2D eigenvalue weighted by Gasteiger charge is -2.26. The van der Waals surface area contributed by atoms with Crippen LogP contribution in [-0.2, 0) is 13.1 Å². The first-order valence-corrected chi connectivity index (χ1v) is 8.01. The van der Waals surface area contributed by atoms with E-state index in [2.05, 4.69) is 50.9 Å². The molecular weight excluding hydrogens is 248 g/mol. The zero-order chi connectivity index (χ0) is 15.0. The van der Waals surface area contributed by atoms with Gasteiger partial charge in [-0.05, 0) is 30.9 Å². The van der Waals surface area contributed by atoms with Gasteiger partial charge in [0.05, 0.1) is 12.8 Å². The second kappa shape index (κ2) is 9.19. The summed E-state index contributed by atoms with van der Waals surface area (Å²) in [4.78, 5) is 2.55. The minimum atomic E-state index is 0.697. The second-order valence-corrected chi connectivity index (χ2v) is 6.53. The summed E-state index contributed by atoms with van der Waals surface area (Å²) in [6.45, 7) is 16.5. The van der Waals surface area contributed by atoms with Crippen molar-refractivity contribution in [1.29, 1.82) is 0 Å². The van der Waals surface area contributed by atoms with Gasteiger partial charge in [-0.25, -0.2) is 0 Å². The molecule has 0 saturated carbocycles. The highest BCUT2D eigenvalue weighted by Gasteiger charge is 2.14. The molecule has 1 heterocycles. The van der Waals surface area contributed by atoms with Crippen molar-refractivity contribution >= 4 is 0 Å². The fourth-order valence-electron chi connectivity index (χ4n) is 2.52. The van der Waals surface area contributed by atoms with Gasteiger partial charge in [0.1, 0.15) is 5.76 Å². The molecule has 0 atom stereocenters. The molecule has 3 heteroatoms. The van der Waals surface area contributed by atoms with Gasteiger partial charge in [-0.1, -0.05) is 34.6 Å². The van der Waals surface area contributed by atoms with Crippen molar-refractivity contribution in [3.05, 3.63) is 23.7 Å². The molecule has 1 rings (SSSR count). The first kappa shape index (κ1) is 17.3. The van der Waals surface area contributed by atoms with Crippen LogP contribution in [0.1, 0.15) is 52.4 Å². The van der Waals surface area contributed by atoms with E-state index in [1.807, 2.05) is 6.26 Å².